The third-order valence-corrected chi connectivity index (χ3v) is 3.82. The molecule has 104 valence electrons. The standard InChI is InChI=1S/C15H23N3O/c1-17-9-8-12(10-17)11-18(2)15(19)14(16)13-6-4-3-5-7-13/h3-7,12,14H,8-11,16H2,1-2H3. The zero-order chi connectivity index (χ0) is 13.8. The fraction of sp³-hybridized carbons (Fsp3) is 0.533. The highest BCUT2D eigenvalue weighted by atomic mass is 16.2. The van der Waals surface area contributed by atoms with E-state index < -0.39 is 6.04 Å². The van der Waals surface area contributed by atoms with Crippen LogP contribution in [0, 0.1) is 5.92 Å². The van der Waals surface area contributed by atoms with Crippen LogP contribution in [0.1, 0.15) is 18.0 Å². The summed E-state index contributed by atoms with van der Waals surface area (Å²) >= 11 is 0. The fourth-order valence-corrected chi connectivity index (χ4v) is 2.69. The number of rotatable bonds is 4. The third kappa shape index (κ3) is 3.55. The van der Waals surface area contributed by atoms with Gasteiger partial charge in [0, 0.05) is 20.1 Å². The largest absolute Gasteiger partial charge is 0.344 e. The maximum atomic E-state index is 12.3. The van der Waals surface area contributed by atoms with Crippen LogP contribution in [0.5, 0.6) is 0 Å². The van der Waals surface area contributed by atoms with Crippen molar-refractivity contribution in [1.29, 1.82) is 0 Å². The van der Waals surface area contributed by atoms with E-state index in [2.05, 4.69) is 11.9 Å². The Morgan fingerprint density at radius 1 is 1.47 bits per heavy atom. The van der Waals surface area contributed by atoms with Crippen molar-refractivity contribution in [3.63, 3.8) is 0 Å². The quantitative estimate of drug-likeness (QED) is 0.883. The first-order valence-corrected chi connectivity index (χ1v) is 6.82. The number of benzene rings is 1. The van der Waals surface area contributed by atoms with Gasteiger partial charge in [0.15, 0.2) is 0 Å². The van der Waals surface area contributed by atoms with Gasteiger partial charge in [-0.3, -0.25) is 4.79 Å². The molecule has 1 saturated heterocycles. The molecule has 0 radical (unpaired) electrons. The molecular formula is C15H23N3O. The molecule has 1 aromatic carbocycles. The van der Waals surface area contributed by atoms with Gasteiger partial charge in [-0.25, -0.2) is 0 Å². The lowest BCUT2D eigenvalue weighted by molar-refractivity contribution is -0.131. The van der Waals surface area contributed by atoms with E-state index in [1.165, 1.54) is 0 Å². The molecule has 2 unspecified atom stereocenters. The van der Waals surface area contributed by atoms with Crippen molar-refractivity contribution in [2.45, 2.75) is 12.5 Å². The van der Waals surface area contributed by atoms with Gasteiger partial charge in [0.2, 0.25) is 5.91 Å². The Morgan fingerprint density at radius 2 is 2.16 bits per heavy atom. The molecule has 1 heterocycles. The number of likely N-dealkylation sites (tertiary alicyclic amines) is 1. The average Bonchev–Trinajstić information content (AvgIpc) is 2.83. The van der Waals surface area contributed by atoms with Gasteiger partial charge in [0.1, 0.15) is 6.04 Å². The molecule has 0 aromatic heterocycles. The highest BCUT2D eigenvalue weighted by Crippen LogP contribution is 2.17. The number of nitrogens with zero attached hydrogens (tertiary/aromatic N) is 2. The summed E-state index contributed by atoms with van der Waals surface area (Å²) in [7, 11) is 3.97. The number of carbonyl (C=O) groups is 1. The van der Waals surface area contributed by atoms with E-state index in [0.29, 0.717) is 5.92 Å². The molecule has 1 aliphatic heterocycles. The molecule has 1 aromatic rings. The molecule has 1 fully saturated rings. The lowest BCUT2D eigenvalue weighted by Gasteiger charge is -2.24. The third-order valence-electron chi connectivity index (χ3n) is 3.82. The lowest BCUT2D eigenvalue weighted by atomic mass is 10.1. The summed E-state index contributed by atoms with van der Waals surface area (Å²) in [5, 5.41) is 0. The minimum absolute atomic E-state index is 0.000697. The summed E-state index contributed by atoms with van der Waals surface area (Å²) in [6.07, 6.45) is 1.16. The highest BCUT2D eigenvalue weighted by Gasteiger charge is 2.25. The van der Waals surface area contributed by atoms with E-state index in [1.54, 1.807) is 4.90 Å². The number of hydrogen-bond acceptors (Lipinski definition) is 3. The minimum Gasteiger partial charge on any atom is -0.344 e. The maximum Gasteiger partial charge on any atom is 0.243 e. The van der Waals surface area contributed by atoms with Gasteiger partial charge < -0.3 is 15.5 Å². The second-order valence-corrected chi connectivity index (χ2v) is 5.52. The van der Waals surface area contributed by atoms with Crippen LogP contribution in [0.25, 0.3) is 0 Å². The van der Waals surface area contributed by atoms with Crippen LogP contribution in [-0.2, 0) is 4.79 Å². The number of carbonyl (C=O) groups excluding carboxylic acids is 1. The molecule has 0 aliphatic carbocycles. The van der Waals surface area contributed by atoms with Gasteiger partial charge in [-0.2, -0.15) is 0 Å². The van der Waals surface area contributed by atoms with Gasteiger partial charge >= 0.3 is 0 Å². The molecule has 4 heteroatoms. The number of likely N-dealkylation sites (N-methyl/N-ethyl adjacent to an activating group) is 1. The van der Waals surface area contributed by atoms with Crippen molar-refractivity contribution in [3.8, 4) is 0 Å². The predicted molar refractivity (Wildman–Crippen MR) is 76.6 cm³/mol. The van der Waals surface area contributed by atoms with E-state index in [1.807, 2.05) is 37.4 Å². The summed E-state index contributed by atoms with van der Waals surface area (Å²) in [6, 6.07) is 9.01. The van der Waals surface area contributed by atoms with Crippen molar-refractivity contribution >= 4 is 5.91 Å². The number of hydrogen-bond donors (Lipinski definition) is 1. The molecule has 0 saturated carbocycles. The normalized spacial score (nSPS) is 21.3. The van der Waals surface area contributed by atoms with E-state index in [-0.39, 0.29) is 5.91 Å². The second-order valence-electron chi connectivity index (χ2n) is 5.52. The molecule has 0 bridgehead atoms. The van der Waals surface area contributed by atoms with Gasteiger partial charge in [-0.05, 0) is 31.5 Å². The molecule has 2 atom stereocenters. The van der Waals surface area contributed by atoms with Crippen LogP contribution in [0.3, 0.4) is 0 Å². The van der Waals surface area contributed by atoms with Gasteiger partial charge in [-0.15, -0.1) is 0 Å². The Bertz CT molecular complexity index is 421. The number of nitrogens with two attached hydrogens (primary N) is 1. The molecular weight excluding hydrogens is 238 g/mol. The summed E-state index contributed by atoms with van der Waals surface area (Å²) in [5.74, 6) is 0.572. The Labute approximate surface area is 115 Å². The second kappa shape index (κ2) is 6.17. The monoisotopic (exact) mass is 261 g/mol. The SMILES string of the molecule is CN1CCC(CN(C)C(=O)C(N)c2ccccc2)C1. The van der Waals surface area contributed by atoms with Crippen LogP contribution in [0.2, 0.25) is 0 Å². The van der Waals surface area contributed by atoms with E-state index in [0.717, 1.165) is 31.6 Å². The van der Waals surface area contributed by atoms with Gasteiger partial charge in [0.05, 0.1) is 0 Å². The molecule has 0 spiro atoms. The van der Waals surface area contributed by atoms with Crippen LogP contribution in [0.15, 0.2) is 30.3 Å². The first-order valence-electron chi connectivity index (χ1n) is 6.82. The minimum atomic E-state index is -0.551. The Balaban J connectivity index is 1.92. The maximum absolute atomic E-state index is 12.3. The summed E-state index contributed by atoms with van der Waals surface area (Å²) < 4.78 is 0. The number of amides is 1. The molecule has 2 rings (SSSR count). The van der Waals surface area contributed by atoms with Gasteiger partial charge in [-0.1, -0.05) is 30.3 Å². The topological polar surface area (TPSA) is 49.6 Å². The van der Waals surface area contributed by atoms with Crippen LogP contribution in [0.4, 0.5) is 0 Å². The first kappa shape index (κ1) is 14.0. The molecule has 19 heavy (non-hydrogen) atoms. The van der Waals surface area contributed by atoms with Crippen molar-refractivity contribution < 1.29 is 4.79 Å². The Kier molecular flexibility index (Phi) is 4.56. The average molecular weight is 261 g/mol. The summed E-state index contributed by atoms with van der Waals surface area (Å²) in [6.45, 7) is 2.99. The Hall–Kier alpha value is -1.39. The summed E-state index contributed by atoms with van der Waals surface area (Å²) in [4.78, 5) is 16.4. The van der Waals surface area contributed by atoms with Crippen LogP contribution in [-0.4, -0.2) is 49.4 Å². The van der Waals surface area contributed by atoms with Crippen molar-refractivity contribution in [1.82, 2.24) is 9.80 Å². The van der Waals surface area contributed by atoms with E-state index in [4.69, 9.17) is 5.73 Å². The predicted octanol–water partition coefficient (Wildman–Crippen LogP) is 1.10. The summed E-state index contributed by atoms with van der Waals surface area (Å²) in [5.41, 5.74) is 6.92. The highest BCUT2D eigenvalue weighted by molar-refractivity contribution is 5.82. The van der Waals surface area contributed by atoms with Crippen LogP contribution < -0.4 is 5.73 Å². The zero-order valence-electron chi connectivity index (χ0n) is 11.7. The molecule has 1 amide bonds. The van der Waals surface area contributed by atoms with Crippen LogP contribution >= 0.6 is 0 Å². The molecule has 4 nitrogen and oxygen atoms in total. The fourth-order valence-electron chi connectivity index (χ4n) is 2.69. The van der Waals surface area contributed by atoms with E-state index >= 15 is 0 Å². The van der Waals surface area contributed by atoms with Gasteiger partial charge in [0.25, 0.3) is 0 Å². The van der Waals surface area contributed by atoms with Crippen molar-refractivity contribution in [2.24, 2.45) is 11.7 Å². The molecule has 2 N–H and O–H groups in total. The van der Waals surface area contributed by atoms with E-state index in [9.17, 15) is 4.79 Å². The smallest absolute Gasteiger partial charge is 0.243 e. The van der Waals surface area contributed by atoms with Crippen molar-refractivity contribution in [2.75, 3.05) is 33.7 Å². The first-order chi connectivity index (χ1) is 9.08. The Morgan fingerprint density at radius 3 is 2.74 bits per heavy atom. The van der Waals surface area contributed by atoms with Crippen molar-refractivity contribution in [3.05, 3.63) is 35.9 Å². The lowest BCUT2D eigenvalue weighted by Crippen LogP contribution is -2.39. The zero-order valence-corrected chi connectivity index (χ0v) is 11.7. The molecule has 1 aliphatic rings.